The number of halogens is 2. The second-order valence-electron chi connectivity index (χ2n) is 3.05. The molecule has 0 bridgehead atoms. The Morgan fingerprint density at radius 2 is 2.29 bits per heavy atom. The van der Waals surface area contributed by atoms with Crippen LogP contribution >= 0.6 is 38.5 Å². The molecule has 0 atom stereocenters. The number of hydrogen-bond acceptors (Lipinski definition) is 2. The first-order valence-electron chi connectivity index (χ1n) is 4.67. The van der Waals surface area contributed by atoms with E-state index in [4.69, 9.17) is 0 Å². The molecule has 0 fully saturated rings. The summed E-state index contributed by atoms with van der Waals surface area (Å²) in [6.45, 7) is 4.04. The van der Waals surface area contributed by atoms with Crippen molar-refractivity contribution in [3.63, 3.8) is 0 Å². The van der Waals surface area contributed by atoms with Gasteiger partial charge in [-0.05, 0) is 22.4 Å². The van der Waals surface area contributed by atoms with E-state index in [9.17, 15) is 0 Å². The maximum Gasteiger partial charge on any atom is 0.0767 e. The van der Waals surface area contributed by atoms with Gasteiger partial charge in [0.2, 0.25) is 0 Å². The first kappa shape index (κ1) is 12.4. The van der Waals surface area contributed by atoms with Crippen LogP contribution in [0, 0.1) is 0 Å². The fourth-order valence-electron chi connectivity index (χ4n) is 1.29. The number of aromatic nitrogens is 2. The van der Waals surface area contributed by atoms with Gasteiger partial charge in [-0.2, -0.15) is 5.10 Å². The van der Waals surface area contributed by atoms with Gasteiger partial charge in [-0.25, -0.2) is 0 Å². The van der Waals surface area contributed by atoms with Gasteiger partial charge >= 0.3 is 0 Å². The Bertz CT molecular complexity index is 298. The van der Waals surface area contributed by atoms with Crippen molar-refractivity contribution in [1.29, 1.82) is 0 Å². The van der Waals surface area contributed by atoms with Crippen molar-refractivity contribution in [2.24, 2.45) is 7.05 Å². The summed E-state index contributed by atoms with van der Waals surface area (Å²) >= 11 is 5.95. The molecule has 5 heteroatoms. The van der Waals surface area contributed by atoms with E-state index < -0.39 is 0 Å². The summed E-state index contributed by atoms with van der Waals surface area (Å²) in [4.78, 5) is 0. The Morgan fingerprint density at radius 1 is 1.57 bits per heavy atom. The average molecular weight is 372 g/mol. The largest absolute Gasteiger partial charge is 0.310 e. The van der Waals surface area contributed by atoms with Crippen LogP contribution in [0.3, 0.4) is 0 Å². The molecule has 80 valence electrons. The number of nitrogens with one attached hydrogen (secondary N) is 1. The lowest BCUT2D eigenvalue weighted by molar-refractivity contribution is 0.641. The van der Waals surface area contributed by atoms with E-state index in [2.05, 4.69) is 55.9 Å². The Morgan fingerprint density at radius 3 is 2.79 bits per heavy atom. The van der Waals surface area contributed by atoms with E-state index >= 15 is 0 Å². The van der Waals surface area contributed by atoms with Gasteiger partial charge in [0.15, 0.2) is 0 Å². The molecule has 3 nitrogen and oxygen atoms in total. The minimum Gasteiger partial charge on any atom is -0.310 e. The van der Waals surface area contributed by atoms with Crippen molar-refractivity contribution in [3.05, 3.63) is 15.9 Å². The van der Waals surface area contributed by atoms with Crippen molar-refractivity contribution in [2.75, 3.05) is 11.0 Å². The monoisotopic (exact) mass is 371 g/mol. The number of alkyl halides is 1. The maximum atomic E-state index is 4.44. The third-order valence-electron chi connectivity index (χ3n) is 2.07. The lowest BCUT2D eigenvalue weighted by atomic mass is 10.3. The van der Waals surface area contributed by atoms with E-state index in [-0.39, 0.29) is 0 Å². The predicted octanol–water partition coefficient (Wildman–Crippen LogP) is 2.27. The van der Waals surface area contributed by atoms with E-state index in [1.165, 1.54) is 5.69 Å². The highest BCUT2D eigenvalue weighted by atomic mass is 127. The van der Waals surface area contributed by atoms with Crippen LogP contribution in [0.1, 0.15) is 18.3 Å². The Labute approximate surface area is 107 Å². The molecule has 1 aromatic heterocycles. The topological polar surface area (TPSA) is 29.9 Å². The Kier molecular flexibility index (Phi) is 5.40. The molecule has 0 spiro atoms. The third kappa shape index (κ3) is 2.93. The van der Waals surface area contributed by atoms with Crippen molar-refractivity contribution in [1.82, 2.24) is 15.1 Å². The molecule has 1 heterocycles. The molecule has 1 rings (SSSR count). The SMILES string of the molecule is CCc1nn(C)c(CNCCI)c1Br. The highest BCUT2D eigenvalue weighted by Gasteiger charge is 2.11. The van der Waals surface area contributed by atoms with Crippen LogP contribution in [0.4, 0.5) is 0 Å². The molecule has 0 unspecified atom stereocenters. The first-order chi connectivity index (χ1) is 6.70. The second-order valence-corrected chi connectivity index (χ2v) is 4.92. The number of rotatable bonds is 5. The molecule has 14 heavy (non-hydrogen) atoms. The van der Waals surface area contributed by atoms with E-state index in [0.717, 1.165) is 34.1 Å². The highest BCUT2D eigenvalue weighted by molar-refractivity contribution is 14.1. The summed E-state index contributed by atoms with van der Waals surface area (Å²) < 4.78 is 4.24. The number of hydrogen-bond donors (Lipinski definition) is 1. The quantitative estimate of drug-likeness (QED) is 0.489. The van der Waals surface area contributed by atoms with Gasteiger partial charge in [-0.3, -0.25) is 4.68 Å². The minimum absolute atomic E-state index is 0.882. The fourth-order valence-corrected chi connectivity index (χ4v) is 2.42. The van der Waals surface area contributed by atoms with Gasteiger partial charge in [-0.1, -0.05) is 29.5 Å². The van der Waals surface area contributed by atoms with E-state index in [1.54, 1.807) is 0 Å². The highest BCUT2D eigenvalue weighted by Crippen LogP contribution is 2.21. The molecule has 0 saturated carbocycles. The molecule has 0 amide bonds. The smallest absolute Gasteiger partial charge is 0.0767 e. The van der Waals surface area contributed by atoms with E-state index in [1.807, 2.05) is 11.7 Å². The van der Waals surface area contributed by atoms with Crippen LogP contribution in [0.15, 0.2) is 4.47 Å². The first-order valence-corrected chi connectivity index (χ1v) is 6.99. The summed E-state index contributed by atoms with van der Waals surface area (Å²) in [6, 6.07) is 0. The van der Waals surface area contributed by atoms with Crippen LogP contribution in [0.5, 0.6) is 0 Å². The van der Waals surface area contributed by atoms with Gasteiger partial charge in [0, 0.05) is 24.6 Å². The van der Waals surface area contributed by atoms with Gasteiger partial charge in [0.05, 0.1) is 15.9 Å². The molecule has 0 aliphatic rings. The second kappa shape index (κ2) is 6.07. The summed E-state index contributed by atoms with van der Waals surface area (Å²) in [6.07, 6.45) is 0.973. The van der Waals surface area contributed by atoms with Crippen LogP contribution in [-0.2, 0) is 20.0 Å². The third-order valence-corrected chi connectivity index (χ3v) is 3.52. The fraction of sp³-hybridized carbons (Fsp3) is 0.667. The normalized spacial score (nSPS) is 10.9. The molecule has 0 radical (unpaired) electrons. The molecule has 0 aromatic carbocycles. The molecular weight excluding hydrogens is 357 g/mol. The molecule has 1 N–H and O–H groups in total. The predicted molar refractivity (Wildman–Crippen MR) is 70.9 cm³/mol. The van der Waals surface area contributed by atoms with Crippen LogP contribution in [0.25, 0.3) is 0 Å². The van der Waals surface area contributed by atoms with Gasteiger partial charge < -0.3 is 5.32 Å². The summed E-state index contributed by atoms with van der Waals surface area (Å²) in [5.74, 6) is 0. The van der Waals surface area contributed by atoms with Gasteiger partial charge in [-0.15, -0.1) is 0 Å². The Balaban J connectivity index is 2.70. The number of aryl methyl sites for hydroxylation is 2. The molecular formula is C9H15BrIN3. The zero-order valence-electron chi connectivity index (χ0n) is 8.48. The number of nitrogens with zero attached hydrogens (tertiary/aromatic N) is 2. The standard InChI is InChI=1S/C9H15BrIN3/c1-3-7-9(10)8(14(2)13-7)6-12-5-4-11/h12H,3-6H2,1-2H3. The van der Waals surface area contributed by atoms with Crippen molar-refractivity contribution >= 4 is 38.5 Å². The zero-order valence-corrected chi connectivity index (χ0v) is 12.2. The summed E-state index contributed by atoms with van der Waals surface area (Å²) in [5, 5.41) is 7.81. The summed E-state index contributed by atoms with van der Waals surface area (Å²) in [5.41, 5.74) is 2.37. The molecule has 0 saturated heterocycles. The van der Waals surface area contributed by atoms with Crippen LogP contribution in [-0.4, -0.2) is 20.8 Å². The average Bonchev–Trinajstić information content (AvgIpc) is 2.45. The molecule has 0 aliphatic carbocycles. The van der Waals surface area contributed by atoms with Gasteiger partial charge in [0.1, 0.15) is 0 Å². The maximum absolute atomic E-state index is 4.44. The van der Waals surface area contributed by atoms with Gasteiger partial charge in [0.25, 0.3) is 0 Å². The summed E-state index contributed by atoms with van der Waals surface area (Å²) in [7, 11) is 1.99. The minimum atomic E-state index is 0.882. The lowest BCUT2D eigenvalue weighted by Crippen LogP contribution is -2.17. The molecule has 0 aliphatic heterocycles. The van der Waals surface area contributed by atoms with Crippen molar-refractivity contribution in [2.45, 2.75) is 19.9 Å². The van der Waals surface area contributed by atoms with Crippen LogP contribution < -0.4 is 5.32 Å². The Hall–Kier alpha value is 0.380. The lowest BCUT2D eigenvalue weighted by Gasteiger charge is -2.03. The van der Waals surface area contributed by atoms with Crippen molar-refractivity contribution in [3.8, 4) is 0 Å². The van der Waals surface area contributed by atoms with E-state index in [0.29, 0.717) is 0 Å². The molecule has 1 aromatic rings. The zero-order chi connectivity index (χ0) is 10.6. The van der Waals surface area contributed by atoms with Crippen LogP contribution in [0.2, 0.25) is 0 Å². The van der Waals surface area contributed by atoms with Crippen molar-refractivity contribution < 1.29 is 0 Å².